The summed E-state index contributed by atoms with van der Waals surface area (Å²) < 4.78 is 23.9. The Bertz CT molecular complexity index is 394. The first-order valence-electron chi connectivity index (χ1n) is 4.45. The summed E-state index contributed by atoms with van der Waals surface area (Å²) in [7, 11) is 0. The predicted molar refractivity (Wildman–Crippen MR) is 54.1 cm³/mol. The van der Waals surface area contributed by atoms with Crippen molar-refractivity contribution < 1.29 is 18.7 Å². The molecule has 0 saturated carbocycles. The molecule has 0 spiro atoms. The third-order valence-electron chi connectivity index (χ3n) is 2.05. The first-order valence-corrected chi connectivity index (χ1v) is 5.24. The minimum absolute atomic E-state index is 0.0713. The van der Waals surface area contributed by atoms with Crippen LogP contribution in [0.4, 0.5) is 4.39 Å². The van der Waals surface area contributed by atoms with Gasteiger partial charge in [0, 0.05) is 10.9 Å². The van der Waals surface area contributed by atoms with Gasteiger partial charge in [0.1, 0.15) is 0 Å². The molecule has 0 amide bonds. The second-order valence-electron chi connectivity index (χ2n) is 3.14. The highest BCUT2D eigenvalue weighted by molar-refractivity contribution is 9.10. The molecule has 1 aliphatic rings. The molecule has 2 rings (SSSR count). The lowest BCUT2D eigenvalue weighted by Crippen LogP contribution is -2.22. The van der Waals surface area contributed by atoms with Crippen molar-refractivity contribution in [2.24, 2.45) is 0 Å². The standard InChI is InChI=1S/C10H8BrFO3/c11-6-1-2-8(7(12)5-6)15-9-3-4-14-10(9)13/h1-2,5,9H,3-4H2. The van der Waals surface area contributed by atoms with Crippen LogP contribution in [0.25, 0.3) is 0 Å². The molecule has 3 nitrogen and oxygen atoms in total. The molecule has 0 N–H and O–H groups in total. The highest BCUT2D eigenvalue weighted by Crippen LogP contribution is 2.24. The van der Waals surface area contributed by atoms with Crippen LogP contribution in [-0.4, -0.2) is 18.7 Å². The molecule has 1 aromatic rings. The average Bonchev–Trinajstić information content (AvgIpc) is 2.57. The predicted octanol–water partition coefficient (Wildman–Crippen LogP) is 2.28. The molecule has 1 saturated heterocycles. The Labute approximate surface area is 94.3 Å². The van der Waals surface area contributed by atoms with Crippen LogP contribution in [0.15, 0.2) is 22.7 Å². The number of ether oxygens (including phenoxy) is 2. The van der Waals surface area contributed by atoms with Crippen LogP contribution in [0.5, 0.6) is 5.75 Å². The molecular formula is C10H8BrFO3. The highest BCUT2D eigenvalue weighted by atomic mass is 79.9. The third-order valence-corrected chi connectivity index (χ3v) is 2.54. The fraction of sp³-hybridized carbons (Fsp3) is 0.300. The van der Waals surface area contributed by atoms with E-state index in [4.69, 9.17) is 9.47 Å². The zero-order chi connectivity index (χ0) is 10.8. The van der Waals surface area contributed by atoms with Gasteiger partial charge in [0.25, 0.3) is 0 Å². The summed E-state index contributed by atoms with van der Waals surface area (Å²) in [6.45, 7) is 0.335. The second-order valence-corrected chi connectivity index (χ2v) is 4.05. The number of hydrogen-bond donors (Lipinski definition) is 0. The number of carbonyl (C=O) groups is 1. The van der Waals surface area contributed by atoms with Crippen LogP contribution in [0.2, 0.25) is 0 Å². The van der Waals surface area contributed by atoms with Gasteiger partial charge in [0.15, 0.2) is 17.7 Å². The van der Waals surface area contributed by atoms with Crippen molar-refractivity contribution in [3.63, 3.8) is 0 Å². The van der Waals surface area contributed by atoms with E-state index in [1.807, 2.05) is 0 Å². The van der Waals surface area contributed by atoms with Gasteiger partial charge < -0.3 is 9.47 Å². The van der Waals surface area contributed by atoms with E-state index in [1.165, 1.54) is 12.1 Å². The van der Waals surface area contributed by atoms with E-state index < -0.39 is 17.9 Å². The zero-order valence-corrected chi connectivity index (χ0v) is 9.29. The Morgan fingerprint density at radius 3 is 2.93 bits per heavy atom. The molecule has 1 fully saturated rings. The molecule has 15 heavy (non-hydrogen) atoms. The van der Waals surface area contributed by atoms with Crippen molar-refractivity contribution in [2.75, 3.05) is 6.61 Å². The molecule has 1 aromatic carbocycles. The van der Waals surface area contributed by atoms with Crippen LogP contribution in [-0.2, 0) is 9.53 Å². The van der Waals surface area contributed by atoms with E-state index in [0.717, 1.165) is 0 Å². The topological polar surface area (TPSA) is 35.5 Å². The molecule has 1 atom stereocenters. The minimum Gasteiger partial charge on any atom is -0.476 e. The number of esters is 1. The summed E-state index contributed by atoms with van der Waals surface area (Å²) in [5.74, 6) is -0.858. The number of carbonyl (C=O) groups excluding carboxylic acids is 1. The van der Waals surface area contributed by atoms with Crippen LogP contribution in [0, 0.1) is 5.82 Å². The van der Waals surface area contributed by atoms with Crippen molar-refractivity contribution >= 4 is 21.9 Å². The molecule has 0 aliphatic carbocycles. The summed E-state index contributed by atoms with van der Waals surface area (Å²) in [6.07, 6.45) is -0.213. The van der Waals surface area contributed by atoms with Crippen molar-refractivity contribution in [3.05, 3.63) is 28.5 Å². The Balaban J connectivity index is 2.13. The van der Waals surface area contributed by atoms with Crippen molar-refractivity contribution in [1.82, 2.24) is 0 Å². The molecule has 80 valence electrons. The monoisotopic (exact) mass is 274 g/mol. The quantitative estimate of drug-likeness (QED) is 0.777. The number of cyclic esters (lactones) is 1. The minimum atomic E-state index is -0.680. The van der Waals surface area contributed by atoms with Crippen LogP contribution in [0.3, 0.4) is 0 Å². The normalized spacial score (nSPS) is 20.1. The van der Waals surface area contributed by atoms with Crippen molar-refractivity contribution in [3.8, 4) is 5.75 Å². The van der Waals surface area contributed by atoms with E-state index >= 15 is 0 Å². The van der Waals surface area contributed by atoms with Gasteiger partial charge in [0.2, 0.25) is 0 Å². The maximum Gasteiger partial charge on any atom is 0.347 e. The van der Waals surface area contributed by atoms with Crippen molar-refractivity contribution in [1.29, 1.82) is 0 Å². The maximum atomic E-state index is 13.3. The number of hydrogen-bond acceptors (Lipinski definition) is 3. The summed E-state index contributed by atoms with van der Waals surface area (Å²) in [4.78, 5) is 11.1. The lowest BCUT2D eigenvalue weighted by Gasteiger charge is -2.10. The van der Waals surface area contributed by atoms with E-state index in [1.54, 1.807) is 6.07 Å². The van der Waals surface area contributed by atoms with Crippen molar-refractivity contribution in [2.45, 2.75) is 12.5 Å². The molecule has 5 heteroatoms. The largest absolute Gasteiger partial charge is 0.476 e. The summed E-state index contributed by atoms with van der Waals surface area (Å²) in [5, 5.41) is 0. The van der Waals surface area contributed by atoms with E-state index in [-0.39, 0.29) is 5.75 Å². The van der Waals surface area contributed by atoms with Gasteiger partial charge in [-0.25, -0.2) is 9.18 Å². The summed E-state index contributed by atoms with van der Waals surface area (Å²) in [6, 6.07) is 4.42. The van der Waals surface area contributed by atoms with E-state index in [2.05, 4.69) is 15.9 Å². The van der Waals surface area contributed by atoms with Gasteiger partial charge in [-0.2, -0.15) is 0 Å². The Morgan fingerprint density at radius 2 is 2.33 bits per heavy atom. The number of benzene rings is 1. The SMILES string of the molecule is O=C1OCCC1Oc1ccc(Br)cc1F. The average molecular weight is 275 g/mol. The molecular weight excluding hydrogens is 267 g/mol. The summed E-state index contributed by atoms with van der Waals surface area (Å²) >= 11 is 3.13. The number of rotatable bonds is 2. The highest BCUT2D eigenvalue weighted by Gasteiger charge is 2.29. The molecule has 0 bridgehead atoms. The fourth-order valence-electron chi connectivity index (χ4n) is 1.31. The Hall–Kier alpha value is -1.10. The lowest BCUT2D eigenvalue weighted by atomic mass is 10.3. The van der Waals surface area contributed by atoms with Gasteiger partial charge in [-0.3, -0.25) is 0 Å². The Morgan fingerprint density at radius 1 is 1.53 bits per heavy atom. The maximum absolute atomic E-state index is 13.3. The van der Waals surface area contributed by atoms with Gasteiger partial charge >= 0.3 is 5.97 Å². The molecule has 1 unspecified atom stereocenters. The molecule has 1 heterocycles. The van der Waals surface area contributed by atoms with Crippen LogP contribution < -0.4 is 4.74 Å². The molecule has 0 aromatic heterocycles. The fourth-order valence-corrected chi connectivity index (χ4v) is 1.64. The summed E-state index contributed by atoms with van der Waals surface area (Å²) in [5.41, 5.74) is 0. The van der Waals surface area contributed by atoms with E-state index in [9.17, 15) is 9.18 Å². The van der Waals surface area contributed by atoms with Gasteiger partial charge in [-0.05, 0) is 18.2 Å². The van der Waals surface area contributed by atoms with E-state index in [0.29, 0.717) is 17.5 Å². The smallest absolute Gasteiger partial charge is 0.347 e. The van der Waals surface area contributed by atoms with Gasteiger partial charge in [0.05, 0.1) is 6.61 Å². The van der Waals surface area contributed by atoms with Crippen LogP contribution >= 0.6 is 15.9 Å². The zero-order valence-electron chi connectivity index (χ0n) is 7.70. The first kappa shape index (κ1) is 10.4. The second kappa shape index (κ2) is 4.18. The van der Waals surface area contributed by atoms with Gasteiger partial charge in [-0.1, -0.05) is 15.9 Å². The van der Waals surface area contributed by atoms with Gasteiger partial charge in [-0.15, -0.1) is 0 Å². The first-order chi connectivity index (χ1) is 7.16. The lowest BCUT2D eigenvalue weighted by molar-refractivity contribution is -0.143. The molecule has 0 radical (unpaired) electrons. The Kier molecular flexibility index (Phi) is 2.90. The number of halogens is 2. The van der Waals surface area contributed by atoms with Crippen LogP contribution in [0.1, 0.15) is 6.42 Å². The molecule has 1 aliphatic heterocycles. The third kappa shape index (κ3) is 2.28.